The molecule has 3 heteroatoms. The van der Waals surface area contributed by atoms with E-state index in [0.717, 1.165) is 17.9 Å². The molecule has 1 aromatic rings. The van der Waals surface area contributed by atoms with Gasteiger partial charge in [-0.3, -0.25) is 0 Å². The zero-order valence-corrected chi connectivity index (χ0v) is 12.9. The number of amides is 2. The first kappa shape index (κ1) is 15.4. The molecular formula is C18H24N2O. The second-order valence-corrected chi connectivity index (χ2v) is 6.00. The van der Waals surface area contributed by atoms with Gasteiger partial charge in [0.1, 0.15) is 0 Å². The maximum absolute atomic E-state index is 11.9. The van der Waals surface area contributed by atoms with Crippen LogP contribution in [-0.4, -0.2) is 18.6 Å². The molecule has 0 bridgehead atoms. The van der Waals surface area contributed by atoms with Gasteiger partial charge in [-0.25, -0.2) is 4.79 Å². The van der Waals surface area contributed by atoms with Crippen LogP contribution in [0.25, 0.3) is 0 Å². The average Bonchev–Trinajstić information content (AvgIpc) is 2.48. The van der Waals surface area contributed by atoms with Crippen LogP contribution in [0, 0.1) is 23.7 Å². The molecule has 21 heavy (non-hydrogen) atoms. The molecule has 112 valence electrons. The second kappa shape index (κ2) is 7.73. The Morgan fingerprint density at radius 1 is 1.24 bits per heavy atom. The topological polar surface area (TPSA) is 41.1 Å². The third-order valence-corrected chi connectivity index (χ3v) is 4.09. The average molecular weight is 284 g/mol. The third kappa shape index (κ3) is 5.15. The SMILES string of the molecule is CC1CCC(NC(=O)NCC#Cc2ccccc2)C(C)C1. The predicted molar refractivity (Wildman–Crippen MR) is 85.8 cm³/mol. The Balaban J connectivity index is 1.72. The van der Waals surface area contributed by atoms with Gasteiger partial charge < -0.3 is 10.6 Å². The first-order valence-corrected chi connectivity index (χ1v) is 7.73. The van der Waals surface area contributed by atoms with Crippen molar-refractivity contribution in [2.24, 2.45) is 11.8 Å². The van der Waals surface area contributed by atoms with E-state index in [2.05, 4.69) is 36.3 Å². The van der Waals surface area contributed by atoms with Crippen LogP contribution >= 0.6 is 0 Å². The number of nitrogens with one attached hydrogen (secondary N) is 2. The Kier molecular flexibility index (Phi) is 5.68. The van der Waals surface area contributed by atoms with Crippen molar-refractivity contribution < 1.29 is 4.79 Å². The number of hydrogen-bond donors (Lipinski definition) is 2. The lowest BCUT2D eigenvalue weighted by Gasteiger charge is -2.33. The fraction of sp³-hybridized carbons (Fsp3) is 0.500. The first-order chi connectivity index (χ1) is 10.1. The molecule has 0 spiro atoms. The summed E-state index contributed by atoms with van der Waals surface area (Å²) in [6, 6.07) is 9.97. The van der Waals surface area contributed by atoms with Crippen molar-refractivity contribution >= 4 is 6.03 Å². The van der Waals surface area contributed by atoms with Crippen molar-refractivity contribution in [1.29, 1.82) is 0 Å². The molecule has 3 unspecified atom stereocenters. The monoisotopic (exact) mass is 284 g/mol. The summed E-state index contributed by atoms with van der Waals surface area (Å²) in [5.41, 5.74) is 0.967. The lowest BCUT2D eigenvalue weighted by molar-refractivity contribution is 0.207. The molecule has 1 aromatic carbocycles. The van der Waals surface area contributed by atoms with Crippen LogP contribution in [0.15, 0.2) is 30.3 Å². The summed E-state index contributed by atoms with van der Waals surface area (Å²) >= 11 is 0. The van der Waals surface area contributed by atoms with Gasteiger partial charge in [-0.2, -0.15) is 0 Å². The van der Waals surface area contributed by atoms with Crippen molar-refractivity contribution in [2.45, 2.75) is 39.2 Å². The van der Waals surface area contributed by atoms with Gasteiger partial charge in [-0.1, -0.05) is 43.9 Å². The van der Waals surface area contributed by atoms with Crippen LogP contribution in [0.4, 0.5) is 4.79 Å². The molecule has 1 saturated carbocycles. The van der Waals surface area contributed by atoms with Gasteiger partial charge >= 0.3 is 6.03 Å². The normalized spacial score (nSPS) is 24.6. The molecule has 1 aliphatic carbocycles. The highest BCUT2D eigenvalue weighted by atomic mass is 16.2. The number of rotatable bonds is 2. The molecule has 3 nitrogen and oxygen atoms in total. The Bertz CT molecular complexity index is 515. The largest absolute Gasteiger partial charge is 0.335 e. The van der Waals surface area contributed by atoms with E-state index in [1.807, 2.05) is 30.3 Å². The summed E-state index contributed by atoms with van der Waals surface area (Å²) in [6.45, 7) is 4.88. The molecule has 1 fully saturated rings. The predicted octanol–water partition coefficient (Wildman–Crippen LogP) is 3.16. The zero-order valence-electron chi connectivity index (χ0n) is 12.9. The summed E-state index contributed by atoms with van der Waals surface area (Å²) < 4.78 is 0. The van der Waals surface area contributed by atoms with Crippen LogP contribution < -0.4 is 10.6 Å². The molecule has 0 radical (unpaired) electrons. The number of carbonyl (C=O) groups is 1. The van der Waals surface area contributed by atoms with Gasteiger partial charge in [0.05, 0.1) is 6.54 Å². The minimum Gasteiger partial charge on any atom is -0.335 e. The van der Waals surface area contributed by atoms with Crippen LogP contribution in [0.1, 0.15) is 38.7 Å². The smallest absolute Gasteiger partial charge is 0.315 e. The van der Waals surface area contributed by atoms with Crippen LogP contribution in [0.5, 0.6) is 0 Å². The van der Waals surface area contributed by atoms with Gasteiger partial charge in [-0.15, -0.1) is 0 Å². The third-order valence-electron chi connectivity index (χ3n) is 4.09. The Morgan fingerprint density at radius 3 is 2.71 bits per heavy atom. The van der Waals surface area contributed by atoms with Gasteiger partial charge in [0, 0.05) is 11.6 Å². The van der Waals surface area contributed by atoms with Crippen molar-refractivity contribution in [2.75, 3.05) is 6.54 Å². The van der Waals surface area contributed by atoms with E-state index >= 15 is 0 Å². The fourth-order valence-corrected chi connectivity index (χ4v) is 2.89. The Labute approximate surface area is 127 Å². The van der Waals surface area contributed by atoms with Crippen molar-refractivity contribution in [1.82, 2.24) is 10.6 Å². The molecule has 2 N–H and O–H groups in total. The number of benzene rings is 1. The van der Waals surface area contributed by atoms with Crippen molar-refractivity contribution in [3.63, 3.8) is 0 Å². The van der Waals surface area contributed by atoms with E-state index in [9.17, 15) is 4.79 Å². The van der Waals surface area contributed by atoms with E-state index < -0.39 is 0 Å². The maximum atomic E-state index is 11.9. The zero-order chi connectivity index (χ0) is 15.1. The standard InChI is InChI=1S/C18H24N2O/c1-14-10-11-17(15(2)13-14)20-18(21)19-12-6-9-16-7-4-3-5-8-16/h3-5,7-8,14-15,17H,10-13H2,1-2H3,(H2,19,20,21). The van der Waals surface area contributed by atoms with Gasteiger partial charge in [0.15, 0.2) is 0 Å². The lowest BCUT2D eigenvalue weighted by Crippen LogP contribution is -2.47. The molecule has 0 heterocycles. The minimum absolute atomic E-state index is 0.108. The molecule has 2 amide bonds. The lowest BCUT2D eigenvalue weighted by atomic mass is 9.80. The highest BCUT2D eigenvalue weighted by molar-refractivity contribution is 5.74. The van der Waals surface area contributed by atoms with Gasteiger partial charge in [0.2, 0.25) is 0 Å². The highest BCUT2D eigenvalue weighted by Gasteiger charge is 2.26. The number of hydrogen-bond acceptors (Lipinski definition) is 1. The van der Waals surface area contributed by atoms with Crippen LogP contribution in [0.2, 0.25) is 0 Å². The summed E-state index contributed by atoms with van der Waals surface area (Å²) in [5, 5.41) is 5.88. The highest BCUT2D eigenvalue weighted by Crippen LogP contribution is 2.28. The van der Waals surface area contributed by atoms with Crippen LogP contribution in [-0.2, 0) is 0 Å². The van der Waals surface area contributed by atoms with Gasteiger partial charge in [-0.05, 0) is 43.2 Å². The summed E-state index contributed by atoms with van der Waals surface area (Å²) in [6.07, 6.45) is 3.47. The van der Waals surface area contributed by atoms with Crippen LogP contribution in [0.3, 0.4) is 0 Å². The molecule has 1 aliphatic rings. The first-order valence-electron chi connectivity index (χ1n) is 7.73. The maximum Gasteiger partial charge on any atom is 0.315 e. The Morgan fingerprint density at radius 2 is 2.00 bits per heavy atom. The summed E-state index contributed by atoms with van der Waals surface area (Å²) in [5.74, 6) is 7.32. The quantitative estimate of drug-likeness (QED) is 0.805. The molecule has 3 atom stereocenters. The Hall–Kier alpha value is -1.95. The van der Waals surface area contributed by atoms with Gasteiger partial charge in [0.25, 0.3) is 0 Å². The number of urea groups is 1. The molecule has 0 saturated heterocycles. The van der Waals surface area contributed by atoms with E-state index in [1.54, 1.807) is 0 Å². The second-order valence-electron chi connectivity index (χ2n) is 6.00. The number of carbonyl (C=O) groups excluding carboxylic acids is 1. The van der Waals surface area contributed by atoms with E-state index in [1.165, 1.54) is 12.8 Å². The summed E-state index contributed by atoms with van der Waals surface area (Å²) in [7, 11) is 0. The molecule has 0 aliphatic heterocycles. The van der Waals surface area contributed by atoms with Crippen molar-refractivity contribution in [3.8, 4) is 11.8 Å². The molecular weight excluding hydrogens is 260 g/mol. The summed E-state index contributed by atoms with van der Waals surface area (Å²) in [4.78, 5) is 11.9. The fourth-order valence-electron chi connectivity index (χ4n) is 2.89. The molecule has 0 aromatic heterocycles. The van der Waals surface area contributed by atoms with E-state index in [4.69, 9.17) is 0 Å². The van der Waals surface area contributed by atoms with E-state index in [0.29, 0.717) is 18.5 Å². The molecule has 2 rings (SSSR count). The minimum atomic E-state index is -0.108. The van der Waals surface area contributed by atoms with Crippen molar-refractivity contribution in [3.05, 3.63) is 35.9 Å². The van der Waals surface area contributed by atoms with E-state index in [-0.39, 0.29) is 6.03 Å².